The van der Waals surface area contributed by atoms with Gasteiger partial charge in [-0.3, -0.25) is 0 Å². The molecule has 0 heterocycles. The molecule has 0 N–H and O–H groups in total. The van der Waals surface area contributed by atoms with E-state index in [1.807, 2.05) is 0 Å². The third-order valence-corrected chi connectivity index (χ3v) is 0. The molecule has 16 heavy (non-hydrogen) atoms. The fourth-order valence-corrected chi connectivity index (χ4v) is 0. The first-order chi connectivity index (χ1) is 6.00. The first kappa shape index (κ1) is 97.6. The standard InChI is InChI=1S/6CO.2Fe.2H2S/c6*1-2;;;;/h;;;;;;;;2*1H2/p-2. The van der Waals surface area contributed by atoms with Crippen LogP contribution < -0.4 is 0 Å². The van der Waals surface area contributed by atoms with Crippen molar-refractivity contribution in [1.82, 2.24) is 0 Å². The summed E-state index contributed by atoms with van der Waals surface area (Å²) >= 11 is 0. The molecule has 0 atom stereocenters. The third-order valence-electron chi connectivity index (χ3n) is 0. The summed E-state index contributed by atoms with van der Waals surface area (Å²) in [6, 6.07) is 0. The minimum absolute atomic E-state index is 0. The second kappa shape index (κ2) is 95300. The van der Waals surface area contributed by atoms with Crippen molar-refractivity contribution in [2.45, 2.75) is 0 Å². The molecule has 0 radical (unpaired) electrons. The zero-order chi connectivity index (χ0) is 12.0. The van der Waals surface area contributed by atoms with Crippen molar-refractivity contribution in [1.29, 1.82) is 0 Å². The molecule has 0 amide bonds. The molecule has 0 aliphatic rings. The summed E-state index contributed by atoms with van der Waals surface area (Å²) in [6.45, 7) is 27.0. The van der Waals surface area contributed by atoms with Gasteiger partial charge in [-0.05, 0) is 0 Å². The van der Waals surface area contributed by atoms with E-state index < -0.39 is 0 Å². The van der Waals surface area contributed by atoms with Gasteiger partial charge in [0.05, 0.1) is 0 Å². The number of hydrogen-bond donors (Lipinski definition) is 0. The zero-order valence-corrected chi connectivity index (χ0v) is 11.0. The van der Waals surface area contributed by atoms with E-state index in [1.165, 1.54) is 0 Å². The molecule has 0 saturated heterocycles. The molecule has 0 bridgehead atoms. The van der Waals surface area contributed by atoms with Crippen molar-refractivity contribution >= 4 is 27.0 Å². The maximum absolute atomic E-state index is 7.50. The molecule has 6 nitrogen and oxygen atoms in total. The van der Waals surface area contributed by atoms with E-state index in [9.17, 15) is 0 Å². The summed E-state index contributed by atoms with van der Waals surface area (Å²) < 4.78 is 45.0. The minimum atomic E-state index is 0. The van der Waals surface area contributed by atoms with Gasteiger partial charge in [-0.25, -0.2) is 0 Å². The molecule has 0 unspecified atom stereocenters. The zero-order valence-electron chi connectivity index (χ0n) is 7.05. The van der Waals surface area contributed by atoms with Crippen LogP contribution in [0.1, 0.15) is 0 Å². The molecule has 0 aromatic rings. The molecule has 0 aliphatic carbocycles. The van der Waals surface area contributed by atoms with E-state index in [2.05, 4.69) is 39.9 Å². The molecule has 0 spiro atoms. The number of rotatable bonds is 0. The first-order valence-electron chi connectivity index (χ1n) is 1.22. The fraction of sp³-hybridized carbons (Fsp3) is 0. The van der Waals surface area contributed by atoms with Crippen LogP contribution in [0, 0.1) is 39.9 Å². The summed E-state index contributed by atoms with van der Waals surface area (Å²) in [7, 11) is 0. The van der Waals surface area contributed by atoms with Crippen molar-refractivity contribution in [3.8, 4) is 0 Å². The Kier molecular flexibility index (Phi) is 581000. The second-order valence-corrected chi connectivity index (χ2v) is 0. The van der Waals surface area contributed by atoms with E-state index in [1.54, 1.807) is 0 Å². The van der Waals surface area contributed by atoms with Crippen LogP contribution >= 0.6 is 0 Å². The second-order valence-electron chi connectivity index (χ2n) is 0. The maximum Gasteiger partial charge on any atom is 0 e. The first-order valence-corrected chi connectivity index (χ1v) is 1.22. The molecule has 0 fully saturated rings. The van der Waals surface area contributed by atoms with Gasteiger partial charge in [0.15, 0.2) is 0 Å². The summed E-state index contributed by atoms with van der Waals surface area (Å²) in [5.41, 5.74) is 0. The normalized spacial score (nSPS) is 0.750. The van der Waals surface area contributed by atoms with Crippen LogP contribution in [0.2, 0.25) is 0 Å². The predicted octanol–water partition coefficient (Wildman–Crippen LogP) is -0.770. The van der Waals surface area contributed by atoms with E-state index in [-0.39, 0.29) is 61.1 Å². The van der Waals surface area contributed by atoms with Gasteiger partial charge in [0.25, 0.3) is 0 Å². The smallest absolute Gasteiger partial charge is 0 e. The van der Waals surface area contributed by atoms with Gasteiger partial charge in [0.2, 0.25) is 0 Å². The largest absolute Gasteiger partial charge is 0.813 e. The van der Waals surface area contributed by atoms with Crippen molar-refractivity contribution in [2.24, 2.45) is 0 Å². The quantitative estimate of drug-likeness (QED) is 0.188. The van der Waals surface area contributed by atoms with Crippen molar-refractivity contribution < 1.29 is 62.1 Å². The van der Waals surface area contributed by atoms with Gasteiger partial charge in [0, 0.05) is 34.1 Å². The van der Waals surface area contributed by atoms with E-state index in [4.69, 9.17) is 27.9 Å². The minimum Gasteiger partial charge on any atom is -0.813 e. The summed E-state index contributed by atoms with van der Waals surface area (Å²) in [5.74, 6) is 0. The van der Waals surface area contributed by atoms with Crippen molar-refractivity contribution in [2.75, 3.05) is 0 Å². The predicted molar refractivity (Wildman–Crippen MR) is 41.1 cm³/mol. The Balaban J connectivity index is -0.00000000321. The van der Waals surface area contributed by atoms with E-state index in [0.29, 0.717) is 0 Å². The fourth-order valence-electron chi connectivity index (χ4n) is 0. The van der Waals surface area contributed by atoms with Gasteiger partial charge in [-0.1, -0.05) is 0 Å². The Morgan fingerprint density at radius 3 is 0.312 bits per heavy atom. The Labute approximate surface area is 128 Å². The van der Waals surface area contributed by atoms with Gasteiger partial charge in [0.1, 0.15) is 0 Å². The third kappa shape index (κ3) is 76900. The maximum atomic E-state index is 7.50. The molecule has 0 aliphatic heterocycles. The average Bonchev–Trinajstić information content (AvgIpc) is 2.33. The Morgan fingerprint density at radius 1 is 0.312 bits per heavy atom. The molecule has 10 heteroatoms. The average molecular weight is 346 g/mol. The summed E-state index contributed by atoms with van der Waals surface area (Å²) in [6.07, 6.45) is 0. The molecule has 0 aromatic heterocycles. The van der Waals surface area contributed by atoms with Crippen LogP contribution in [0.5, 0.6) is 0 Å². The topological polar surface area (TPSA) is 119 Å². The van der Waals surface area contributed by atoms with E-state index >= 15 is 0 Å². The van der Waals surface area contributed by atoms with Gasteiger partial charge in [-0.15, -0.1) is 0 Å². The van der Waals surface area contributed by atoms with Gasteiger partial charge in [-0.2, -0.15) is 0 Å². The SMILES string of the molecule is [C-]#[O+].[C-]#[O+].[C-]#[O+].[C-]#[O+].[C-]#[O+].[C-]#[O+].[Fe].[Fe].[SH-].[SH-]. The number of thiol groups is 2. The van der Waals surface area contributed by atoms with Crippen LogP contribution in [-0.4, -0.2) is 0 Å². The molecule has 0 rings (SSSR count). The van der Waals surface area contributed by atoms with Crippen LogP contribution in [0.25, 0.3) is 0 Å². The van der Waals surface area contributed by atoms with Crippen LogP contribution in [-0.2, 0) is 89.0 Å². The molecule has 92 valence electrons. The molecule has 0 aromatic carbocycles. The van der Waals surface area contributed by atoms with Crippen molar-refractivity contribution in [3.63, 3.8) is 0 Å². The van der Waals surface area contributed by atoms with E-state index in [0.717, 1.165) is 0 Å². The van der Waals surface area contributed by atoms with Crippen LogP contribution in [0.4, 0.5) is 0 Å². The molecular weight excluding hydrogens is 344 g/mol. The van der Waals surface area contributed by atoms with Crippen molar-refractivity contribution in [3.05, 3.63) is 39.9 Å². The monoisotopic (exact) mass is 346 g/mol. The Hall–Kier alpha value is 0.179. The Bertz CT molecular complexity index is 104. The molecule has 0 saturated carbocycles. The summed E-state index contributed by atoms with van der Waals surface area (Å²) in [5, 5.41) is 0. The van der Waals surface area contributed by atoms with Crippen LogP contribution in [0.3, 0.4) is 0 Å². The van der Waals surface area contributed by atoms with Gasteiger partial charge >= 0.3 is 67.8 Å². The molecular formula is C6H2Fe2O6S2-2. The van der Waals surface area contributed by atoms with Gasteiger partial charge < -0.3 is 27.0 Å². The summed E-state index contributed by atoms with van der Waals surface area (Å²) in [4.78, 5) is 0. The van der Waals surface area contributed by atoms with Crippen LogP contribution in [0.15, 0.2) is 0 Å². The number of hydrogen-bond acceptors (Lipinski definition) is 2. The Morgan fingerprint density at radius 2 is 0.312 bits per heavy atom.